The van der Waals surface area contributed by atoms with Gasteiger partial charge in [-0.3, -0.25) is 0 Å². The molecule has 3 heterocycles. The van der Waals surface area contributed by atoms with Gasteiger partial charge in [-0.1, -0.05) is 52.3 Å². The number of hydrogen-bond donors (Lipinski definition) is 0. The van der Waals surface area contributed by atoms with Gasteiger partial charge in [-0.25, -0.2) is 14.6 Å². The first-order valence-electron chi connectivity index (χ1n) is 8.51. The fourth-order valence-corrected chi connectivity index (χ4v) is 3.45. The number of thiophene rings is 1. The van der Waals surface area contributed by atoms with E-state index in [4.69, 9.17) is 14.6 Å². The monoisotopic (exact) mass is 352 g/mol. The van der Waals surface area contributed by atoms with Crippen LogP contribution in [-0.2, 0) is 0 Å². The summed E-state index contributed by atoms with van der Waals surface area (Å²) in [6.07, 6.45) is 1.25. The molecule has 0 atom stereocenters. The summed E-state index contributed by atoms with van der Waals surface area (Å²) >= 11 is 1.65. The molecule has 0 bridgehead atoms. The Morgan fingerprint density at radius 2 is 1.48 bits per heavy atom. The van der Waals surface area contributed by atoms with Crippen LogP contribution >= 0.6 is 11.3 Å². The molecule has 5 aromatic rings. The molecule has 0 fully saturated rings. The maximum Gasteiger partial charge on any atom is 0.143 e. The van der Waals surface area contributed by atoms with Crippen molar-refractivity contribution >= 4 is 53.8 Å². The van der Waals surface area contributed by atoms with Crippen molar-refractivity contribution in [2.24, 2.45) is 0 Å². The smallest absolute Gasteiger partial charge is 0.143 e. The largest absolute Gasteiger partial charge is 0.243 e. The molecule has 0 unspecified atom stereocenters. The van der Waals surface area contributed by atoms with Crippen LogP contribution < -0.4 is 0 Å². The molecule has 6 heteroatoms. The van der Waals surface area contributed by atoms with E-state index < -0.39 is 0 Å². The van der Waals surface area contributed by atoms with Gasteiger partial charge in [-0.2, -0.15) is 0 Å². The lowest BCUT2D eigenvalue weighted by Crippen LogP contribution is -1.84. The second-order valence-electron chi connectivity index (χ2n) is 5.28. The standard InChI is InChI=1S/C14H6N4OS.C3H8.C2H6/c1-2-4-12-7(3-1)13-14(20-12)16-9-6-11-10(17-19-18-11)5-8(9)15-13;1-3-2;1-2/h1-6H;3H2,1-2H3;1-2H3. The van der Waals surface area contributed by atoms with E-state index in [0.29, 0.717) is 11.0 Å². The quantitative estimate of drug-likeness (QED) is 0.343. The molecular weight excluding hydrogens is 332 g/mol. The Labute approximate surface area is 149 Å². The van der Waals surface area contributed by atoms with Crippen LogP contribution in [0.5, 0.6) is 0 Å². The van der Waals surface area contributed by atoms with Gasteiger partial charge in [0, 0.05) is 10.1 Å². The van der Waals surface area contributed by atoms with Gasteiger partial charge in [0.1, 0.15) is 21.4 Å². The lowest BCUT2D eigenvalue weighted by atomic mass is 10.2. The number of aromatic nitrogens is 4. The van der Waals surface area contributed by atoms with Crippen molar-refractivity contribution in [3.05, 3.63) is 36.4 Å². The van der Waals surface area contributed by atoms with Gasteiger partial charge in [-0.05, 0) is 28.5 Å². The highest BCUT2D eigenvalue weighted by Crippen LogP contribution is 2.32. The first-order valence-corrected chi connectivity index (χ1v) is 9.33. The van der Waals surface area contributed by atoms with E-state index in [2.05, 4.69) is 36.3 Å². The highest BCUT2D eigenvalue weighted by Gasteiger charge is 2.11. The third-order valence-electron chi connectivity index (χ3n) is 3.36. The van der Waals surface area contributed by atoms with E-state index in [1.54, 1.807) is 11.3 Å². The number of rotatable bonds is 0. The molecule has 5 rings (SSSR count). The van der Waals surface area contributed by atoms with Crippen LogP contribution in [0.15, 0.2) is 41.0 Å². The van der Waals surface area contributed by atoms with Crippen LogP contribution in [0.1, 0.15) is 34.1 Å². The fourth-order valence-electron chi connectivity index (χ4n) is 2.42. The van der Waals surface area contributed by atoms with Gasteiger partial charge in [0.15, 0.2) is 0 Å². The van der Waals surface area contributed by atoms with E-state index in [0.717, 1.165) is 26.8 Å². The second-order valence-corrected chi connectivity index (χ2v) is 6.31. The van der Waals surface area contributed by atoms with Gasteiger partial charge in [0.05, 0.1) is 11.0 Å². The molecule has 128 valence electrons. The molecule has 0 radical (unpaired) electrons. The molecule has 0 spiro atoms. The molecule has 0 aliphatic rings. The van der Waals surface area contributed by atoms with Gasteiger partial charge < -0.3 is 0 Å². The summed E-state index contributed by atoms with van der Waals surface area (Å²) in [5.41, 5.74) is 3.96. The third kappa shape index (κ3) is 3.17. The topological polar surface area (TPSA) is 64.7 Å². The Morgan fingerprint density at radius 3 is 2.16 bits per heavy atom. The summed E-state index contributed by atoms with van der Waals surface area (Å²) in [4.78, 5) is 10.4. The summed E-state index contributed by atoms with van der Waals surface area (Å²) in [6, 6.07) is 11.9. The highest BCUT2D eigenvalue weighted by molar-refractivity contribution is 7.25. The molecule has 2 aromatic carbocycles. The maximum atomic E-state index is 4.73. The summed E-state index contributed by atoms with van der Waals surface area (Å²) in [6.45, 7) is 8.25. The third-order valence-corrected chi connectivity index (χ3v) is 4.41. The van der Waals surface area contributed by atoms with Crippen molar-refractivity contribution in [3.8, 4) is 0 Å². The molecule has 3 aromatic heterocycles. The van der Waals surface area contributed by atoms with Gasteiger partial charge in [0.25, 0.3) is 0 Å². The predicted molar refractivity (Wildman–Crippen MR) is 105 cm³/mol. The van der Waals surface area contributed by atoms with E-state index in [9.17, 15) is 0 Å². The lowest BCUT2D eigenvalue weighted by Gasteiger charge is -1.96. The number of benzene rings is 2. The Morgan fingerprint density at radius 1 is 0.880 bits per heavy atom. The van der Waals surface area contributed by atoms with E-state index >= 15 is 0 Å². The maximum absolute atomic E-state index is 4.73. The Hall–Kier alpha value is -2.60. The lowest BCUT2D eigenvalue weighted by molar-refractivity contribution is 0.315. The molecule has 0 aliphatic carbocycles. The molecule has 5 nitrogen and oxygen atoms in total. The van der Waals surface area contributed by atoms with Crippen LogP contribution in [0.3, 0.4) is 0 Å². The van der Waals surface area contributed by atoms with Crippen LogP contribution in [0.2, 0.25) is 0 Å². The Kier molecular flexibility index (Phi) is 5.19. The summed E-state index contributed by atoms with van der Waals surface area (Å²) in [7, 11) is 0. The summed E-state index contributed by atoms with van der Waals surface area (Å²) < 4.78 is 5.93. The number of fused-ring (bicyclic) bond motifs is 5. The van der Waals surface area contributed by atoms with Crippen molar-refractivity contribution < 1.29 is 4.63 Å². The van der Waals surface area contributed by atoms with Crippen molar-refractivity contribution in [1.82, 2.24) is 20.3 Å². The van der Waals surface area contributed by atoms with Crippen molar-refractivity contribution in [2.45, 2.75) is 34.1 Å². The van der Waals surface area contributed by atoms with Gasteiger partial charge in [-0.15, -0.1) is 11.3 Å². The normalized spacial score (nSPS) is 10.6. The first kappa shape index (κ1) is 17.2. The molecule has 0 saturated heterocycles. The van der Waals surface area contributed by atoms with E-state index in [1.165, 1.54) is 11.1 Å². The summed E-state index contributed by atoms with van der Waals surface area (Å²) in [5, 5.41) is 8.83. The van der Waals surface area contributed by atoms with Crippen molar-refractivity contribution in [3.63, 3.8) is 0 Å². The van der Waals surface area contributed by atoms with Gasteiger partial charge in [0.2, 0.25) is 0 Å². The zero-order chi connectivity index (χ0) is 17.8. The summed E-state index contributed by atoms with van der Waals surface area (Å²) in [5.74, 6) is 0. The fraction of sp³-hybridized carbons (Fsp3) is 0.263. The number of nitrogens with zero attached hydrogens (tertiary/aromatic N) is 4. The highest BCUT2D eigenvalue weighted by atomic mass is 32.1. The predicted octanol–water partition coefficient (Wildman–Crippen LogP) is 5.98. The molecule has 0 amide bonds. The molecule has 0 N–H and O–H groups in total. The zero-order valence-corrected chi connectivity index (χ0v) is 15.6. The second kappa shape index (κ2) is 7.53. The minimum atomic E-state index is 0.700. The molecule has 25 heavy (non-hydrogen) atoms. The molecule has 0 aliphatic heterocycles. The van der Waals surface area contributed by atoms with Crippen LogP contribution in [0.25, 0.3) is 42.5 Å². The Bertz CT molecular complexity index is 1130. The Balaban J connectivity index is 0.000000333. The zero-order valence-electron chi connectivity index (χ0n) is 14.8. The van der Waals surface area contributed by atoms with E-state index in [-0.39, 0.29) is 0 Å². The average molecular weight is 352 g/mol. The van der Waals surface area contributed by atoms with Crippen molar-refractivity contribution in [1.29, 1.82) is 0 Å². The SMILES string of the molecule is CC.CCC.c1ccc2c(c1)sc1nc3cc4nonc4cc3nc12. The molecule has 0 saturated carbocycles. The molecular formula is C19H20N4OS. The minimum Gasteiger partial charge on any atom is -0.243 e. The van der Waals surface area contributed by atoms with Crippen molar-refractivity contribution in [2.75, 3.05) is 0 Å². The van der Waals surface area contributed by atoms with Crippen LogP contribution in [-0.4, -0.2) is 20.3 Å². The van der Waals surface area contributed by atoms with Crippen LogP contribution in [0, 0.1) is 0 Å². The average Bonchev–Trinajstić information content (AvgIpc) is 3.23. The first-order chi connectivity index (χ1) is 12.3. The minimum absolute atomic E-state index is 0.700. The van der Waals surface area contributed by atoms with Crippen LogP contribution in [0.4, 0.5) is 0 Å². The number of hydrogen-bond acceptors (Lipinski definition) is 6. The van der Waals surface area contributed by atoms with E-state index in [1.807, 2.05) is 38.1 Å². The van der Waals surface area contributed by atoms with Gasteiger partial charge >= 0.3 is 0 Å².